The van der Waals surface area contributed by atoms with Gasteiger partial charge in [0.2, 0.25) is 0 Å². The van der Waals surface area contributed by atoms with E-state index in [1.807, 2.05) is 0 Å². The summed E-state index contributed by atoms with van der Waals surface area (Å²) in [7, 11) is -3.78. The minimum atomic E-state index is -4.35. The van der Waals surface area contributed by atoms with Crippen LogP contribution in [0.15, 0.2) is 21.7 Å². The van der Waals surface area contributed by atoms with E-state index in [4.69, 9.17) is 0 Å². The van der Waals surface area contributed by atoms with Gasteiger partial charge in [0.15, 0.2) is 0 Å². The quantitative estimate of drug-likeness (QED) is 0.835. The minimum absolute atomic E-state index is 0.0241. The van der Waals surface area contributed by atoms with E-state index in [0.717, 1.165) is 15.6 Å². The molecule has 3 nitrogen and oxygen atoms in total. The molecule has 17 heavy (non-hydrogen) atoms. The maximum atomic E-state index is 12.1. The normalized spacial score (nSPS) is 13.2. The molecule has 0 aromatic carbocycles. The highest BCUT2D eigenvalue weighted by Gasteiger charge is 2.31. The van der Waals surface area contributed by atoms with Crippen LogP contribution >= 0.6 is 11.3 Å². The molecule has 0 saturated carbocycles. The monoisotopic (exact) mass is 287 g/mol. The van der Waals surface area contributed by atoms with Crippen LogP contribution in [0.5, 0.6) is 0 Å². The third-order valence-electron chi connectivity index (χ3n) is 2.09. The topological polar surface area (TPSA) is 37.4 Å². The first-order chi connectivity index (χ1) is 7.77. The summed E-state index contributed by atoms with van der Waals surface area (Å²) in [5.74, 6) is 0. The van der Waals surface area contributed by atoms with Crippen molar-refractivity contribution in [3.05, 3.63) is 17.5 Å². The van der Waals surface area contributed by atoms with Crippen LogP contribution in [-0.4, -0.2) is 32.0 Å². The summed E-state index contributed by atoms with van der Waals surface area (Å²) in [6, 6.07) is 2.94. The van der Waals surface area contributed by atoms with Gasteiger partial charge < -0.3 is 0 Å². The average Bonchev–Trinajstić information content (AvgIpc) is 2.69. The van der Waals surface area contributed by atoms with Crippen LogP contribution in [0.2, 0.25) is 0 Å². The summed E-state index contributed by atoms with van der Waals surface area (Å²) in [6.45, 7) is 0.998. The summed E-state index contributed by atoms with van der Waals surface area (Å²) in [5, 5.41) is 1.57. The first-order valence-electron chi connectivity index (χ1n) is 4.88. The number of alkyl halides is 3. The van der Waals surface area contributed by atoms with Crippen molar-refractivity contribution in [2.45, 2.75) is 23.7 Å². The Labute approximate surface area is 102 Å². The Kier molecular flexibility index (Phi) is 4.56. The predicted octanol–water partition coefficient (Wildman–Crippen LogP) is 2.71. The van der Waals surface area contributed by atoms with Gasteiger partial charge in [-0.15, -0.1) is 11.3 Å². The van der Waals surface area contributed by atoms with Crippen LogP contribution in [0, 0.1) is 0 Å². The van der Waals surface area contributed by atoms with Gasteiger partial charge in [-0.3, -0.25) is 0 Å². The molecule has 1 aromatic heterocycles. The molecule has 0 fully saturated rings. The maximum absolute atomic E-state index is 12.1. The lowest BCUT2D eigenvalue weighted by atomic mass is 10.4. The van der Waals surface area contributed by atoms with Gasteiger partial charge in [0.25, 0.3) is 10.0 Å². The van der Waals surface area contributed by atoms with Crippen LogP contribution in [0.1, 0.15) is 13.3 Å². The molecule has 98 valence electrons. The molecule has 8 heteroatoms. The molecule has 0 aliphatic carbocycles. The zero-order valence-electron chi connectivity index (χ0n) is 9.07. The molecular weight excluding hydrogens is 275 g/mol. The molecule has 0 amide bonds. The van der Waals surface area contributed by atoms with E-state index in [9.17, 15) is 21.6 Å². The first-order valence-corrected chi connectivity index (χ1v) is 7.19. The molecule has 1 aromatic rings. The zero-order chi connectivity index (χ0) is 13.1. The Morgan fingerprint density at radius 2 is 2.06 bits per heavy atom. The van der Waals surface area contributed by atoms with Gasteiger partial charge in [-0.05, 0) is 11.4 Å². The van der Waals surface area contributed by atoms with E-state index in [-0.39, 0.29) is 10.8 Å². The molecule has 0 aliphatic heterocycles. The Hall–Kier alpha value is -0.600. The van der Waals surface area contributed by atoms with Crippen LogP contribution in [0.25, 0.3) is 0 Å². The molecule has 0 unspecified atom stereocenters. The number of thiophene rings is 1. The minimum Gasteiger partial charge on any atom is -0.206 e. The van der Waals surface area contributed by atoms with Crippen LogP contribution in [0.4, 0.5) is 13.2 Å². The molecule has 0 saturated heterocycles. The Balaban J connectivity index is 2.81. The molecular formula is C9H12F3NO2S2. The van der Waals surface area contributed by atoms with E-state index < -0.39 is 29.2 Å². The second-order valence-corrected chi connectivity index (χ2v) is 6.41. The molecule has 1 rings (SSSR count). The van der Waals surface area contributed by atoms with E-state index in [1.165, 1.54) is 13.0 Å². The largest absolute Gasteiger partial charge is 0.390 e. The van der Waals surface area contributed by atoms with Gasteiger partial charge in [0.05, 0.1) is 6.42 Å². The summed E-state index contributed by atoms with van der Waals surface area (Å²) < 4.78 is 60.9. The van der Waals surface area contributed by atoms with Crippen molar-refractivity contribution in [3.63, 3.8) is 0 Å². The van der Waals surface area contributed by atoms with Gasteiger partial charge in [0.1, 0.15) is 4.21 Å². The van der Waals surface area contributed by atoms with E-state index in [0.29, 0.717) is 0 Å². The predicted molar refractivity (Wildman–Crippen MR) is 59.4 cm³/mol. The van der Waals surface area contributed by atoms with Gasteiger partial charge in [-0.2, -0.15) is 17.5 Å². The lowest BCUT2D eigenvalue weighted by Gasteiger charge is -2.20. The van der Waals surface area contributed by atoms with Crippen molar-refractivity contribution >= 4 is 21.4 Å². The van der Waals surface area contributed by atoms with Crippen molar-refractivity contribution in [3.8, 4) is 0 Å². The van der Waals surface area contributed by atoms with Gasteiger partial charge in [-0.1, -0.05) is 13.0 Å². The van der Waals surface area contributed by atoms with Crippen molar-refractivity contribution < 1.29 is 21.6 Å². The summed E-state index contributed by atoms with van der Waals surface area (Å²) in [5.41, 5.74) is 0. The molecule has 1 heterocycles. The number of rotatable bonds is 5. The van der Waals surface area contributed by atoms with Gasteiger partial charge >= 0.3 is 6.18 Å². The summed E-state index contributed by atoms with van der Waals surface area (Å²) in [6.07, 6.45) is -5.48. The molecule has 0 aliphatic rings. The number of halogens is 3. The highest BCUT2D eigenvalue weighted by molar-refractivity contribution is 7.91. The number of sulfonamides is 1. The van der Waals surface area contributed by atoms with Crippen LogP contribution in [-0.2, 0) is 10.0 Å². The van der Waals surface area contributed by atoms with E-state index >= 15 is 0 Å². The second-order valence-electron chi connectivity index (χ2n) is 3.29. The van der Waals surface area contributed by atoms with Gasteiger partial charge in [0, 0.05) is 13.1 Å². The highest BCUT2D eigenvalue weighted by atomic mass is 32.2. The molecule has 0 radical (unpaired) electrons. The smallest absolute Gasteiger partial charge is 0.206 e. The molecule has 0 bridgehead atoms. The maximum Gasteiger partial charge on any atom is 0.390 e. The number of hydrogen-bond acceptors (Lipinski definition) is 3. The third kappa shape index (κ3) is 3.97. The van der Waals surface area contributed by atoms with Crippen molar-refractivity contribution in [2.24, 2.45) is 0 Å². The van der Waals surface area contributed by atoms with Crippen molar-refractivity contribution in [1.82, 2.24) is 4.31 Å². The fraction of sp³-hybridized carbons (Fsp3) is 0.556. The lowest BCUT2D eigenvalue weighted by molar-refractivity contribution is -0.135. The Morgan fingerprint density at radius 3 is 2.47 bits per heavy atom. The molecule has 0 N–H and O–H groups in total. The Morgan fingerprint density at radius 1 is 1.41 bits per heavy atom. The Bertz CT molecular complexity index is 439. The fourth-order valence-electron chi connectivity index (χ4n) is 1.24. The third-order valence-corrected chi connectivity index (χ3v) is 5.43. The van der Waals surface area contributed by atoms with Crippen molar-refractivity contribution in [1.29, 1.82) is 0 Å². The van der Waals surface area contributed by atoms with Crippen LogP contribution in [0.3, 0.4) is 0 Å². The fourth-order valence-corrected chi connectivity index (χ4v) is 3.83. The zero-order valence-corrected chi connectivity index (χ0v) is 10.7. The first kappa shape index (κ1) is 14.5. The van der Waals surface area contributed by atoms with Crippen LogP contribution < -0.4 is 0 Å². The number of nitrogens with zero attached hydrogens (tertiary/aromatic N) is 1. The lowest BCUT2D eigenvalue weighted by Crippen LogP contribution is -2.33. The van der Waals surface area contributed by atoms with Gasteiger partial charge in [-0.25, -0.2) is 8.42 Å². The van der Waals surface area contributed by atoms with Crippen molar-refractivity contribution in [2.75, 3.05) is 13.1 Å². The van der Waals surface area contributed by atoms with E-state index in [1.54, 1.807) is 11.4 Å². The standard InChI is InChI=1S/C9H12F3NO2S2/c1-2-13(6-5-9(10,11)12)17(14,15)8-4-3-7-16-8/h3-4,7H,2,5-6H2,1H3. The van der Waals surface area contributed by atoms with E-state index in [2.05, 4.69) is 0 Å². The average molecular weight is 287 g/mol. The SMILES string of the molecule is CCN(CCC(F)(F)F)S(=O)(=O)c1cccs1. The number of hydrogen-bond donors (Lipinski definition) is 0. The highest BCUT2D eigenvalue weighted by Crippen LogP contribution is 2.24. The summed E-state index contributed by atoms with van der Waals surface area (Å²) >= 11 is 0.996. The second kappa shape index (κ2) is 5.36. The molecule has 0 atom stereocenters. The summed E-state index contributed by atoms with van der Waals surface area (Å²) in [4.78, 5) is 0. The molecule has 0 spiro atoms.